The van der Waals surface area contributed by atoms with Crippen molar-refractivity contribution >= 4 is 17.7 Å². The molecule has 0 radical (unpaired) electrons. The van der Waals surface area contributed by atoms with Gasteiger partial charge in [0.2, 0.25) is 0 Å². The summed E-state index contributed by atoms with van der Waals surface area (Å²) in [6.45, 7) is 6.05. The summed E-state index contributed by atoms with van der Waals surface area (Å²) in [6, 6.07) is 0.539. The highest BCUT2D eigenvalue weighted by Gasteiger charge is 2.25. The van der Waals surface area contributed by atoms with E-state index >= 15 is 0 Å². The molecule has 0 saturated heterocycles. The molecular formula is C15H24N2O2S. The van der Waals surface area contributed by atoms with E-state index in [9.17, 15) is 4.79 Å². The Bertz CT molecular complexity index is 478. The Morgan fingerprint density at radius 1 is 1.35 bits per heavy atom. The number of hydrogen-bond donors (Lipinski definition) is 0. The predicted octanol–water partition coefficient (Wildman–Crippen LogP) is 3.66. The average molecular weight is 296 g/mol. The van der Waals surface area contributed by atoms with E-state index in [4.69, 9.17) is 4.74 Å². The van der Waals surface area contributed by atoms with Gasteiger partial charge in [-0.3, -0.25) is 4.79 Å². The molecule has 0 spiro atoms. The summed E-state index contributed by atoms with van der Waals surface area (Å²) < 4.78 is 7.16. The molecular weight excluding hydrogens is 272 g/mol. The van der Waals surface area contributed by atoms with Gasteiger partial charge in [-0.1, -0.05) is 31.0 Å². The van der Waals surface area contributed by atoms with E-state index in [0.29, 0.717) is 6.04 Å². The van der Waals surface area contributed by atoms with Crippen molar-refractivity contribution in [3.8, 4) is 0 Å². The van der Waals surface area contributed by atoms with Crippen LogP contribution in [0.15, 0.2) is 5.16 Å². The minimum Gasteiger partial charge on any atom is -0.468 e. The highest BCUT2D eigenvalue weighted by atomic mass is 32.2. The van der Waals surface area contributed by atoms with Crippen molar-refractivity contribution in [3.05, 3.63) is 11.4 Å². The molecule has 1 heterocycles. The van der Waals surface area contributed by atoms with E-state index in [-0.39, 0.29) is 11.2 Å². The molecule has 5 heteroatoms. The lowest BCUT2D eigenvalue weighted by molar-refractivity contribution is -0.139. The van der Waals surface area contributed by atoms with Crippen LogP contribution < -0.4 is 0 Å². The largest absolute Gasteiger partial charge is 0.468 e. The van der Waals surface area contributed by atoms with Crippen molar-refractivity contribution in [2.24, 2.45) is 0 Å². The van der Waals surface area contributed by atoms with Gasteiger partial charge in [0.25, 0.3) is 0 Å². The number of aromatic nitrogens is 2. The number of imidazole rings is 1. The second-order valence-corrected chi connectivity index (χ2v) is 6.82. The second-order valence-electron chi connectivity index (χ2n) is 5.51. The van der Waals surface area contributed by atoms with Crippen LogP contribution in [0.5, 0.6) is 0 Å². The smallest absolute Gasteiger partial charge is 0.318 e. The van der Waals surface area contributed by atoms with Gasteiger partial charge in [-0.15, -0.1) is 0 Å². The summed E-state index contributed by atoms with van der Waals surface area (Å²) in [4.78, 5) is 16.3. The Hall–Kier alpha value is -0.970. The molecule has 1 unspecified atom stereocenters. The van der Waals surface area contributed by atoms with Crippen molar-refractivity contribution < 1.29 is 9.53 Å². The van der Waals surface area contributed by atoms with Gasteiger partial charge >= 0.3 is 5.97 Å². The predicted molar refractivity (Wildman–Crippen MR) is 81.2 cm³/mol. The zero-order chi connectivity index (χ0) is 14.7. The topological polar surface area (TPSA) is 44.1 Å². The van der Waals surface area contributed by atoms with Crippen LogP contribution in [0.3, 0.4) is 0 Å². The number of carbonyl (C=O) groups excluding carboxylic acids is 1. The molecule has 1 fully saturated rings. The average Bonchev–Trinajstić information content (AvgIpc) is 2.73. The zero-order valence-electron chi connectivity index (χ0n) is 12.8. The van der Waals surface area contributed by atoms with Crippen molar-refractivity contribution in [1.82, 2.24) is 9.55 Å². The van der Waals surface area contributed by atoms with E-state index < -0.39 is 0 Å². The van der Waals surface area contributed by atoms with Gasteiger partial charge in [-0.2, -0.15) is 0 Å². The molecule has 1 aromatic heterocycles. The molecule has 0 bridgehead atoms. The van der Waals surface area contributed by atoms with Gasteiger partial charge in [-0.05, 0) is 33.6 Å². The number of carbonyl (C=O) groups is 1. The SMILES string of the molecule is COC(=O)C(C)Sc1nc(C)c(C)n1C1CCCCC1. The van der Waals surface area contributed by atoms with Gasteiger partial charge in [-0.25, -0.2) is 4.98 Å². The minimum atomic E-state index is -0.219. The zero-order valence-corrected chi connectivity index (χ0v) is 13.6. The number of rotatable bonds is 4. The maximum absolute atomic E-state index is 11.6. The van der Waals surface area contributed by atoms with Crippen LogP contribution in [-0.4, -0.2) is 27.9 Å². The number of esters is 1. The summed E-state index contributed by atoms with van der Waals surface area (Å²) in [5.74, 6) is -0.191. The molecule has 20 heavy (non-hydrogen) atoms. The number of hydrogen-bond acceptors (Lipinski definition) is 4. The number of ether oxygens (including phenoxy) is 1. The molecule has 1 aliphatic carbocycles. The third-order valence-electron chi connectivity index (χ3n) is 4.11. The Labute approximate surface area is 125 Å². The number of aryl methyl sites for hydroxylation is 1. The molecule has 2 rings (SSSR count). The van der Waals surface area contributed by atoms with E-state index in [0.717, 1.165) is 10.9 Å². The summed E-state index contributed by atoms with van der Waals surface area (Å²) in [6.07, 6.45) is 6.36. The maximum atomic E-state index is 11.6. The standard InChI is InChI=1S/C15H24N2O2S/c1-10-11(2)17(13-8-6-5-7-9-13)15(16-10)20-12(3)14(18)19-4/h12-13H,5-9H2,1-4H3. The third-order valence-corrected chi connectivity index (χ3v) is 5.15. The Morgan fingerprint density at radius 3 is 2.60 bits per heavy atom. The van der Waals surface area contributed by atoms with Gasteiger partial charge in [0.1, 0.15) is 5.25 Å². The molecule has 1 aliphatic rings. The van der Waals surface area contributed by atoms with Crippen molar-refractivity contribution in [3.63, 3.8) is 0 Å². The lowest BCUT2D eigenvalue weighted by atomic mass is 9.95. The molecule has 112 valence electrons. The summed E-state index contributed by atoms with van der Waals surface area (Å²) in [7, 11) is 1.43. The van der Waals surface area contributed by atoms with Gasteiger partial charge < -0.3 is 9.30 Å². The van der Waals surface area contributed by atoms with Crippen LogP contribution in [-0.2, 0) is 9.53 Å². The van der Waals surface area contributed by atoms with Crippen molar-refractivity contribution in [2.75, 3.05) is 7.11 Å². The summed E-state index contributed by atoms with van der Waals surface area (Å²) >= 11 is 1.51. The van der Waals surface area contributed by atoms with Crippen molar-refractivity contribution in [2.45, 2.75) is 69.3 Å². The molecule has 0 aromatic carbocycles. The Kier molecular flexibility index (Phi) is 5.13. The molecule has 1 aromatic rings. The normalized spacial score (nSPS) is 18.0. The van der Waals surface area contributed by atoms with Crippen LogP contribution in [0.4, 0.5) is 0 Å². The molecule has 0 amide bonds. The monoisotopic (exact) mass is 296 g/mol. The van der Waals surface area contributed by atoms with Crippen LogP contribution in [0, 0.1) is 13.8 Å². The first-order valence-electron chi connectivity index (χ1n) is 7.34. The quantitative estimate of drug-likeness (QED) is 0.628. The van der Waals surface area contributed by atoms with Crippen LogP contribution in [0.1, 0.15) is 56.5 Å². The number of methoxy groups -OCH3 is 1. The van der Waals surface area contributed by atoms with Crippen LogP contribution >= 0.6 is 11.8 Å². The van der Waals surface area contributed by atoms with E-state index in [1.165, 1.54) is 56.7 Å². The Balaban J connectivity index is 2.23. The molecule has 4 nitrogen and oxygen atoms in total. The fourth-order valence-electron chi connectivity index (χ4n) is 2.82. The number of thioether (sulfide) groups is 1. The summed E-state index contributed by atoms with van der Waals surface area (Å²) in [5, 5.41) is 0.744. The molecule has 0 aliphatic heterocycles. The van der Waals surface area contributed by atoms with Crippen LogP contribution in [0.25, 0.3) is 0 Å². The fourth-order valence-corrected chi connectivity index (χ4v) is 3.92. The van der Waals surface area contributed by atoms with E-state index in [1.54, 1.807) is 0 Å². The van der Waals surface area contributed by atoms with Gasteiger partial charge in [0, 0.05) is 11.7 Å². The lowest BCUT2D eigenvalue weighted by Gasteiger charge is -2.26. The first-order valence-corrected chi connectivity index (χ1v) is 8.22. The molecule has 0 N–H and O–H groups in total. The highest BCUT2D eigenvalue weighted by Crippen LogP contribution is 2.35. The molecule has 1 atom stereocenters. The second kappa shape index (κ2) is 6.66. The lowest BCUT2D eigenvalue weighted by Crippen LogP contribution is -2.18. The fraction of sp³-hybridized carbons (Fsp3) is 0.733. The van der Waals surface area contributed by atoms with Gasteiger partial charge in [0.15, 0.2) is 5.16 Å². The maximum Gasteiger partial charge on any atom is 0.318 e. The van der Waals surface area contributed by atoms with Gasteiger partial charge in [0.05, 0.1) is 12.8 Å². The highest BCUT2D eigenvalue weighted by molar-refractivity contribution is 8.00. The van der Waals surface area contributed by atoms with Crippen molar-refractivity contribution in [1.29, 1.82) is 0 Å². The third kappa shape index (κ3) is 3.19. The minimum absolute atomic E-state index is 0.191. The summed E-state index contributed by atoms with van der Waals surface area (Å²) in [5.41, 5.74) is 2.30. The first kappa shape index (κ1) is 15.4. The first-order chi connectivity index (χ1) is 9.54. The van der Waals surface area contributed by atoms with E-state index in [2.05, 4.69) is 16.5 Å². The van der Waals surface area contributed by atoms with E-state index in [1.807, 2.05) is 13.8 Å². The van der Waals surface area contributed by atoms with Crippen LogP contribution in [0.2, 0.25) is 0 Å². The molecule has 1 saturated carbocycles. The Morgan fingerprint density at radius 2 is 2.00 bits per heavy atom. The number of nitrogens with zero attached hydrogens (tertiary/aromatic N) is 2.